The fraction of sp³-hybridized carbons (Fsp3) is 0.176. The molecule has 23 heavy (non-hydrogen) atoms. The van der Waals surface area contributed by atoms with Crippen molar-refractivity contribution in [3.05, 3.63) is 59.9 Å². The van der Waals surface area contributed by atoms with Crippen molar-refractivity contribution < 1.29 is 13.6 Å². The number of imidazole rings is 1. The standard InChI is InChI=1S/C17H15F2N3O/c1-2-16-21-14-5-3-4-6-15(14)22(16)10-17(23)20-13-8-11(18)7-12(19)9-13/h3-9H,2,10H2,1H3,(H,20,23). The van der Waals surface area contributed by atoms with E-state index in [-0.39, 0.29) is 18.1 Å². The highest BCUT2D eigenvalue weighted by Gasteiger charge is 2.13. The lowest BCUT2D eigenvalue weighted by Crippen LogP contribution is -2.20. The number of benzene rings is 2. The lowest BCUT2D eigenvalue weighted by atomic mass is 10.3. The van der Waals surface area contributed by atoms with Gasteiger partial charge in [-0.1, -0.05) is 19.1 Å². The molecule has 2 aromatic carbocycles. The van der Waals surface area contributed by atoms with Crippen molar-refractivity contribution in [2.24, 2.45) is 0 Å². The van der Waals surface area contributed by atoms with E-state index in [1.165, 1.54) is 0 Å². The van der Waals surface area contributed by atoms with Crippen LogP contribution in [0, 0.1) is 11.6 Å². The Hall–Kier alpha value is -2.76. The monoisotopic (exact) mass is 315 g/mol. The molecule has 0 fully saturated rings. The van der Waals surface area contributed by atoms with Crippen LogP contribution in [0.15, 0.2) is 42.5 Å². The molecule has 0 aliphatic carbocycles. The number of rotatable bonds is 4. The van der Waals surface area contributed by atoms with Crippen LogP contribution in [0.3, 0.4) is 0 Å². The predicted octanol–water partition coefficient (Wildman–Crippen LogP) is 3.52. The molecule has 0 spiro atoms. The molecule has 0 saturated heterocycles. The van der Waals surface area contributed by atoms with Gasteiger partial charge in [0.25, 0.3) is 0 Å². The molecular formula is C17H15F2N3O. The van der Waals surface area contributed by atoms with Crippen LogP contribution in [0.2, 0.25) is 0 Å². The Morgan fingerprint density at radius 1 is 1.17 bits per heavy atom. The summed E-state index contributed by atoms with van der Waals surface area (Å²) < 4.78 is 28.2. The second kappa shape index (κ2) is 6.16. The van der Waals surface area contributed by atoms with Crippen LogP contribution in [0.1, 0.15) is 12.7 Å². The van der Waals surface area contributed by atoms with Gasteiger partial charge in [0.05, 0.1) is 11.0 Å². The quantitative estimate of drug-likeness (QED) is 0.801. The number of carbonyl (C=O) groups excluding carboxylic acids is 1. The Balaban J connectivity index is 1.85. The summed E-state index contributed by atoms with van der Waals surface area (Å²) in [6, 6.07) is 10.4. The van der Waals surface area contributed by atoms with Gasteiger partial charge >= 0.3 is 0 Å². The SMILES string of the molecule is CCc1nc2ccccc2n1CC(=O)Nc1cc(F)cc(F)c1. The first-order valence-corrected chi connectivity index (χ1v) is 7.27. The summed E-state index contributed by atoms with van der Waals surface area (Å²) in [7, 11) is 0. The summed E-state index contributed by atoms with van der Waals surface area (Å²) in [6.07, 6.45) is 0.677. The zero-order chi connectivity index (χ0) is 16.4. The first kappa shape index (κ1) is 15.1. The number of hydrogen-bond donors (Lipinski definition) is 1. The molecule has 1 aromatic heterocycles. The molecule has 6 heteroatoms. The van der Waals surface area contributed by atoms with Crippen LogP contribution in [-0.2, 0) is 17.8 Å². The van der Waals surface area contributed by atoms with Crippen LogP contribution in [0.4, 0.5) is 14.5 Å². The van der Waals surface area contributed by atoms with Gasteiger partial charge in [-0.3, -0.25) is 4.79 Å². The predicted molar refractivity (Wildman–Crippen MR) is 84.1 cm³/mol. The first-order chi connectivity index (χ1) is 11.1. The minimum atomic E-state index is -0.734. The zero-order valence-electron chi connectivity index (χ0n) is 12.5. The molecule has 1 heterocycles. The van der Waals surface area contributed by atoms with Crippen molar-refractivity contribution in [2.45, 2.75) is 19.9 Å². The number of fused-ring (bicyclic) bond motifs is 1. The van der Waals surface area contributed by atoms with Gasteiger partial charge in [-0.05, 0) is 24.3 Å². The number of anilines is 1. The highest BCUT2D eigenvalue weighted by molar-refractivity contribution is 5.91. The molecule has 0 radical (unpaired) electrons. The summed E-state index contributed by atoms with van der Waals surface area (Å²) in [5, 5.41) is 2.51. The van der Waals surface area contributed by atoms with Gasteiger partial charge in [-0.2, -0.15) is 0 Å². The summed E-state index contributed by atoms with van der Waals surface area (Å²) in [5.74, 6) is -1.05. The Bertz CT molecular complexity index is 853. The Kier molecular flexibility index (Phi) is 4.06. The third kappa shape index (κ3) is 3.21. The molecule has 0 bridgehead atoms. The molecule has 3 rings (SSSR count). The van der Waals surface area contributed by atoms with Crippen LogP contribution >= 0.6 is 0 Å². The van der Waals surface area contributed by atoms with Gasteiger partial charge in [0.2, 0.25) is 5.91 Å². The highest BCUT2D eigenvalue weighted by Crippen LogP contribution is 2.17. The van der Waals surface area contributed by atoms with Gasteiger partial charge in [0, 0.05) is 18.2 Å². The molecular weight excluding hydrogens is 300 g/mol. The van der Waals surface area contributed by atoms with Gasteiger partial charge in [-0.25, -0.2) is 13.8 Å². The minimum absolute atomic E-state index is 0.0296. The van der Waals surface area contributed by atoms with Gasteiger partial charge in [-0.15, -0.1) is 0 Å². The molecule has 0 atom stereocenters. The maximum Gasteiger partial charge on any atom is 0.244 e. The van der Waals surface area contributed by atoms with Crippen LogP contribution in [-0.4, -0.2) is 15.5 Å². The van der Waals surface area contributed by atoms with Gasteiger partial charge < -0.3 is 9.88 Å². The van der Waals surface area contributed by atoms with Crippen LogP contribution < -0.4 is 5.32 Å². The number of aryl methyl sites for hydroxylation is 1. The average Bonchev–Trinajstić information content (AvgIpc) is 2.84. The molecule has 3 aromatic rings. The fourth-order valence-electron chi connectivity index (χ4n) is 2.54. The van der Waals surface area contributed by atoms with Crippen molar-refractivity contribution in [3.8, 4) is 0 Å². The molecule has 118 valence electrons. The topological polar surface area (TPSA) is 46.9 Å². The van der Waals surface area contributed by atoms with E-state index in [0.29, 0.717) is 6.42 Å². The first-order valence-electron chi connectivity index (χ1n) is 7.27. The van der Waals surface area contributed by atoms with E-state index >= 15 is 0 Å². The van der Waals surface area contributed by atoms with E-state index in [1.807, 2.05) is 31.2 Å². The fourth-order valence-corrected chi connectivity index (χ4v) is 2.54. The maximum absolute atomic E-state index is 13.2. The Morgan fingerprint density at radius 3 is 2.57 bits per heavy atom. The molecule has 0 aliphatic rings. The normalized spacial score (nSPS) is 10.9. The molecule has 0 aliphatic heterocycles. The molecule has 1 amide bonds. The second-order valence-corrected chi connectivity index (χ2v) is 5.16. The summed E-state index contributed by atoms with van der Waals surface area (Å²) in [4.78, 5) is 16.7. The maximum atomic E-state index is 13.2. The zero-order valence-corrected chi connectivity index (χ0v) is 12.5. The highest BCUT2D eigenvalue weighted by atomic mass is 19.1. The van der Waals surface area contributed by atoms with E-state index in [1.54, 1.807) is 4.57 Å². The van der Waals surface area contributed by atoms with Crippen molar-refractivity contribution in [3.63, 3.8) is 0 Å². The second-order valence-electron chi connectivity index (χ2n) is 5.16. The number of para-hydroxylation sites is 2. The molecule has 0 saturated carbocycles. The number of aromatic nitrogens is 2. The number of halogens is 2. The minimum Gasteiger partial charge on any atom is -0.324 e. The number of hydrogen-bond acceptors (Lipinski definition) is 2. The Morgan fingerprint density at radius 2 is 1.87 bits per heavy atom. The number of nitrogens with one attached hydrogen (secondary N) is 1. The largest absolute Gasteiger partial charge is 0.324 e. The molecule has 4 nitrogen and oxygen atoms in total. The third-order valence-corrected chi connectivity index (χ3v) is 3.50. The number of amides is 1. The smallest absolute Gasteiger partial charge is 0.244 e. The number of nitrogens with zero attached hydrogens (tertiary/aromatic N) is 2. The van der Waals surface area contributed by atoms with E-state index < -0.39 is 11.6 Å². The van der Waals surface area contributed by atoms with Crippen molar-refractivity contribution in [1.29, 1.82) is 0 Å². The Labute approximate surface area is 131 Å². The third-order valence-electron chi connectivity index (χ3n) is 3.50. The van der Waals surface area contributed by atoms with E-state index in [2.05, 4.69) is 10.3 Å². The van der Waals surface area contributed by atoms with Crippen LogP contribution in [0.25, 0.3) is 11.0 Å². The summed E-state index contributed by atoms with van der Waals surface area (Å²) in [5.41, 5.74) is 1.76. The molecule has 1 N–H and O–H groups in total. The molecule has 0 unspecified atom stereocenters. The van der Waals surface area contributed by atoms with Crippen molar-refractivity contribution in [1.82, 2.24) is 9.55 Å². The van der Waals surface area contributed by atoms with E-state index in [0.717, 1.165) is 35.1 Å². The average molecular weight is 315 g/mol. The lowest BCUT2D eigenvalue weighted by Gasteiger charge is -2.09. The summed E-state index contributed by atoms with van der Waals surface area (Å²) >= 11 is 0. The van der Waals surface area contributed by atoms with E-state index in [9.17, 15) is 13.6 Å². The lowest BCUT2D eigenvalue weighted by molar-refractivity contribution is -0.116. The number of carbonyl (C=O) groups is 1. The van der Waals surface area contributed by atoms with Gasteiger partial charge in [0.15, 0.2) is 0 Å². The summed E-state index contributed by atoms with van der Waals surface area (Å²) in [6.45, 7) is 1.99. The van der Waals surface area contributed by atoms with Crippen LogP contribution in [0.5, 0.6) is 0 Å². The van der Waals surface area contributed by atoms with Gasteiger partial charge in [0.1, 0.15) is 24.0 Å². The van der Waals surface area contributed by atoms with Crippen molar-refractivity contribution >= 4 is 22.6 Å². The van der Waals surface area contributed by atoms with E-state index in [4.69, 9.17) is 0 Å². The van der Waals surface area contributed by atoms with Crippen molar-refractivity contribution in [2.75, 3.05) is 5.32 Å².